The lowest BCUT2D eigenvalue weighted by Gasteiger charge is -2.10. The molecular formula is C10H13BrClN3O2. The van der Waals surface area contributed by atoms with Crippen molar-refractivity contribution in [2.75, 3.05) is 14.1 Å². The van der Waals surface area contributed by atoms with Crippen molar-refractivity contribution >= 4 is 33.4 Å². The first-order valence-electron chi connectivity index (χ1n) is 5.04. The summed E-state index contributed by atoms with van der Waals surface area (Å²) in [5.41, 5.74) is -0.234. The number of halogens is 2. The van der Waals surface area contributed by atoms with Crippen molar-refractivity contribution in [2.24, 2.45) is 0 Å². The molecule has 0 saturated carbocycles. The van der Waals surface area contributed by atoms with Crippen molar-refractivity contribution in [3.63, 3.8) is 0 Å². The molecule has 0 fully saturated rings. The number of carbonyl (C=O) groups excluding carboxylic acids is 1. The van der Waals surface area contributed by atoms with E-state index in [9.17, 15) is 9.59 Å². The van der Waals surface area contributed by atoms with Crippen LogP contribution in [0.4, 0.5) is 0 Å². The maximum Gasteiger partial charge on any atom is 0.269 e. The first-order valence-corrected chi connectivity index (χ1v) is 6.21. The highest BCUT2D eigenvalue weighted by molar-refractivity contribution is 9.10. The molecule has 7 heteroatoms. The highest BCUT2D eigenvalue weighted by atomic mass is 79.9. The van der Waals surface area contributed by atoms with Gasteiger partial charge in [-0.25, -0.2) is 4.98 Å². The minimum Gasteiger partial charge on any atom is -0.349 e. The Morgan fingerprint density at radius 3 is 2.82 bits per heavy atom. The second-order valence-electron chi connectivity index (χ2n) is 3.74. The second-order valence-corrected chi connectivity index (χ2v) is 4.89. The van der Waals surface area contributed by atoms with Gasteiger partial charge in [-0.3, -0.25) is 14.2 Å². The van der Waals surface area contributed by atoms with Gasteiger partial charge in [0.25, 0.3) is 5.56 Å². The molecule has 0 spiro atoms. The van der Waals surface area contributed by atoms with Gasteiger partial charge in [-0.2, -0.15) is 0 Å². The highest BCUT2D eigenvalue weighted by Crippen LogP contribution is 2.13. The monoisotopic (exact) mass is 321 g/mol. The van der Waals surface area contributed by atoms with Gasteiger partial charge in [-0.1, -0.05) is 11.6 Å². The van der Waals surface area contributed by atoms with E-state index >= 15 is 0 Å². The standard InChI is InChI=1S/C10H13BrClN3O2/c1-14(2)7(16)4-3-5-15-6-13-9(12)8(11)10(15)17/h6H,3-5H2,1-2H3. The molecule has 0 aliphatic carbocycles. The van der Waals surface area contributed by atoms with Gasteiger partial charge in [0, 0.05) is 27.1 Å². The fourth-order valence-electron chi connectivity index (χ4n) is 1.23. The summed E-state index contributed by atoms with van der Waals surface area (Å²) >= 11 is 8.75. The van der Waals surface area contributed by atoms with Crippen LogP contribution < -0.4 is 5.56 Å². The van der Waals surface area contributed by atoms with Gasteiger partial charge >= 0.3 is 0 Å². The zero-order valence-corrected chi connectivity index (χ0v) is 12.0. The van der Waals surface area contributed by atoms with Crippen LogP contribution in [-0.2, 0) is 11.3 Å². The Morgan fingerprint density at radius 2 is 2.24 bits per heavy atom. The van der Waals surface area contributed by atoms with Crippen molar-refractivity contribution in [1.29, 1.82) is 0 Å². The number of aryl methyl sites for hydroxylation is 1. The smallest absolute Gasteiger partial charge is 0.269 e. The zero-order chi connectivity index (χ0) is 13.0. The second kappa shape index (κ2) is 6.16. The summed E-state index contributed by atoms with van der Waals surface area (Å²) in [5.74, 6) is 0.0408. The molecule has 5 nitrogen and oxygen atoms in total. The number of aromatic nitrogens is 2. The van der Waals surface area contributed by atoms with Gasteiger partial charge in [0.15, 0.2) is 5.15 Å². The van der Waals surface area contributed by atoms with E-state index in [-0.39, 0.29) is 21.1 Å². The van der Waals surface area contributed by atoms with Crippen LogP contribution >= 0.6 is 27.5 Å². The third kappa shape index (κ3) is 3.81. The van der Waals surface area contributed by atoms with E-state index < -0.39 is 0 Å². The minimum atomic E-state index is -0.234. The quantitative estimate of drug-likeness (QED) is 0.790. The molecular weight excluding hydrogens is 309 g/mol. The molecule has 0 aliphatic heterocycles. The van der Waals surface area contributed by atoms with Crippen LogP contribution in [0.5, 0.6) is 0 Å². The Balaban J connectivity index is 2.62. The molecule has 1 heterocycles. The average Bonchev–Trinajstić information content (AvgIpc) is 2.28. The SMILES string of the molecule is CN(C)C(=O)CCCn1cnc(Cl)c(Br)c1=O. The van der Waals surface area contributed by atoms with Crippen LogP contribution in [0.2, 0.25) is 5.15 Å². The van der Waals surface area contributed by atoms with E-state index in [1.165, 1.54) is 15.8 Å². The molecule has 1 aromatic heterocycles. The maximum absolute atomic E-state index is 11.7. The molecule has 1 rings (SSSR count). The Kier molecular flexibility index (Phi) is 5.14. The van der Waals surface area contributed by atoms with E-state index in [0.29, 0.717) is 19.4 Å². The van der Waals surface area contributed by atoms with Crippen LogP contribution in [0.25, 0.3) is 0 Å². The summed E-state index contributed by atoms with van der Waals surface area (Å²) in [6.45, 7) is 0.446. The molecule has 0 bridgehead atoms. The maximum atomic E-state index is 11.7. The molecule has 1 aromatic rings. The van der Waals surface area contributed by atoms with Crippen LogP contribution in [0.15, 0.2) is 15.6 Å². The van der Waals surface area contributed by atoms with Gasteiger partial charge in [-0.15, -0.1) is 0 Å². The van der Waals surface area contributed by atoms with E-state index in [2.05, 4.69) is 20.9 Å². The summed E-state index contributed by atoms with van der Waals surface area (Å²) in [6, 6.07) is 0. The van der Waals surface area contributed by atoms with Gasteiger partial charge in [-0.05, 0) is 22.4 Å². The Bertz CT molecular complexity index is 473. The molecule has 94 valence electrons. The van der Waals surface area contributed by atoms with Crippen molar-refractivity contribution in [3.8, 4) is 0 Å². The van der Waals surface area contributed by atoms with Crippen molar-refractivity contribution in [3.05, 3.63) is 26.3 Å². The van der Waals surface area contributed by atoms with E-state index in [4.69, 9.17) is 11.6 Å². The first-order chi connectivity index (χ1) is 7.93. The number of nitrogens with zero attached hydrogens (tertiary/aromatic N) is 3. The van der Waals surface area contributed by atoms with Gasteiger partial charge in [0.05, 0.1) is 6.33 Å². The van der Waals surface area contributed by atoms with Gasteiger partial charge in [0.1, 0.15) is 4.47 Å². The molecule has 0 radical (unpaired) electrons. The van der Waals surface area contributed by atoms with Crippen LogP contribution in [-0.4, -0.2) is 34.5 Å². The number of hydrogen-bond donors (Lipinski definition) is 0. The lowest BCUT2D eigenvalue weighted by atomic mass is 10.3. The molecule has 17 heavy (non-hydrogen) atoms. The van der Waals surface area contributed by atoms with E-state index in [1.54, 1.807) is 14.1 Å². The molecule has 0 aromatic carbocycles. The Morgan fingerprint density at radius 1 is 1.59 bits per heavy atom. The van der Waals surface area contributed by atoms with Crippen LogP contribution in [0.1, 0.15) is 12.8 Å². The largest absolute Gasteiger partial charge is 0.349 e. The molecule has 0 aliphatic rings. The molecule has 0 N–H and O–H groups in total. The van der Waals surface area contributed by atoms with E-state index in [1.807, 2.05) is 0 Å². The van der Waals surface area contributed by atoms with Crippen LogP contribution in [0, 0.1) is 0 Å². The fraction of sp³-hybridized carbons (Fsp3) is 0.500. The lowest BCUT2D eigenvalue weighted by Crippen LogP contribution is -2.24. The van der Waals surface area contributed by atoms with Gasteiger partial charge in [0.2, 0.25) is 5.91 Å². The molecule has 0 saturated heterocycles. The predicted molar refractivity (Wildman–Crippen MR) is 69.1 cm³/mol. The van der Waals surface area contributed by atoms with E-state index in [0.717, 1.165) is 0 Å². The molecule has 0 atom stereocenters. The number of rotatable bonds is 4. The summed E-state index contributed by atoms with van der Waals surface area (Å²) < 4.78 is 1.68. The summed E-state index contributed by atoms with van der Waals surface area (Å²) in [5, 5.41) is 0.149. The Labute approximate surface area is 113 Å². The minimum absolute atomic E-state index is 0.0408. The number of amides is 1. The summed E-state index contributed by atoms with van der Waals surface area (Å²) in [6.07, 6.45) is 2.38. The molecule has 1 amide bonds. The topological polar surface area (TPSA) is 55.2 Å². The predicted octanol–water partition coefficient (Wildman–Crippen LogP) is 1.53. The first kappa shape index (κ1) is 14.2. The zero-order valence-electron chi connectivity index (χ0n) is 9.61. The Hall–Kier alpha value is -0.880. The average molecular weight is 323 g/mol. The summed E-state index contributed by atoms with van der Waals surface area (Å²) in [7, 11) is 3.41. The number of hydrogen-bond acceptors (Lipinski definition) is 3. The van der Waals surface area contributed by atoms with Crippen molar-refractivity contribution in [1.82, 2.24) is 14.5 Å². The lowest BCUT2D eigenvalue weighted by molar-refractivity contribution is -0.128. The third-order valence-corrected chi connectivity index (χ3v) is 3.46. The third-order valence-electron chi connectivity index (χ3n) is 2.23. The highest BCUT2D eigenvalue weighted by Gasteiger charge is 2.08. The van der Waals surface area contributed by atoms with Gasteiger partial charge < -0.3 is 4.90 Å². The van der Waals surface area contributed by atoms with Crippen molar-refractivity contribution in [2.45, 2.75) is 19.4 Å². The fourth-order valence-corrected chi connectivity index (χ4v) is 1.68. The van der Waals surface area contributed by atoms with Crippen LogP contribution in [0.3, 0.4) is 0 Å². The summed E-state index contributed by atoms with van der Waals surface area (Å²) in [4.78, 5) is 28.4. The molecule has 0 unspecified atom stereocenters. The normalized spacial score (nSPS) is 10.4. The van der Waals surface area contributed by atoms with Crippen molar-refractivity contribution < 1.29 is 4.79 Å². The number of carbonyl (C=O) groups is 1.